The van der Waals surface area contributed by atoms with Crippen LogP contribution in [0.2, 0.25) is 5.02 Å². The molecule has 1 unspecified atom stereocenters. The Morgan fingerprint density at radius 1 is 1.28 bits per heavy atom. The third kappa shape index (κ3) is 4.77. The number of hydrogen-bond acceptors (Lipinski definition) is 2. The Morgan fingerprint density at radius 2 is 2.00 bits per heavy atom. The maximum atomic E-state index is 5.89. The Hall–Kier alpha value is -0.280. The lowest BCUT2D eigenvalue weighted by Gasteiger charge is -2.32. The Kier molecular flexibility index (Phi) is 7.02. The van der Waals surface area contributed by atoms with Crippen molar-refractivity contribution < 1.29 is 0 Å². The molecule has 1 heterocycles. The summed E-state index contributed by atoms with van der Waals surface area (Å²) in [7, 11) is 0. The number of hydrogen-bond donors (Lipinski definition) is 1. The second kappa shape index (κ2) is 8.00. The van der Waals surface area contributed by atoms with Crippen LogP contribution in [0.3, 0.4) is 0 Å². The van der Waals surface area contributed by atoms with Crippen molar-refractivity contribution in [2.75, 3.05) is 19.6 Å². The number of likely N-dealkylation sites (tertiary alicyclic amines) is 1. The highest BCUT2D eigenvalue weighted by Gasteiger charge is 2.18. The van der Waals surface area contributed by atoms with Crippen molar-refractivity contribution in [3.05, 3.63) is 34.9 Å². The second-order valence-electron chi connectivity index (χ2n) is 4.95. The summed E-state index contributed by atoms with van der Waals surface area (Å²) in [4.78, 5) is 2.53. The molecule has 0 saturated carbocycles. The van der Waals surface area contributed by atoms with Gasteiger partial charge in [-0.3, -0.25) is 4.90 Å². The average molecular weight is 289 g/mol. The van der Waals surface area contributed by atoms with Crippen LogP contribution in [0.15, 0.2) is 24.3 Å². The van der Waals surface area contributed by atoms with Crippen molar-refractivity contribution in [1.29, 1.82) is 0 Å². The molecule has 0 aliphatic carbocycles. The van der Waals surface area contributed by atoms with E-state index < -0.39 is 0 Å². The molecular formula is C14H22Cl2N2. The number of nitrogens with zero attached hydrogens (tertiary/aromatic N) is 1. The first-order valence-corrected chi connectivity index (χ1v) is 6.82. The molecule has 1 aliphatic rings. The summed E-state index contributed by atoms with van der Waals surface area (Å²) in [6, 6.07) is 8.18. The van der Waals surface area contributed by atoms with Gasteiger partial charge in [0.1, 0.15) is 0 Å². The first-order valence-electron chi connectivity index (χ1n) is 6.45. The molecule has 1 saturated heterocycles. The number of rotatable bonds is 4. The number of halogens is 2. The van der Waals surface area contributed by atoms with Gasteiger partial charge in [-0.1, -0.05) is 23.7 Å². The first-order chi connectivity index (χ1) is 8.28. The molecule has 1 atom stereocenters. The van der Waals surface area contributed by atoms with Crippen molar-refractivity contribution in [3.8, 4) is 0 Å². The van der Waals surface area contributed by atoms with Gasteiger partial charge in [-0.25, -0.2) is 0 Å². The van der Waals surface area contributed by atoms with E-state index in [1.807, 2.05) is 12.1 Å². The fourth-order valence-electron chi connectivity index (χ4n) is 2.61. The fraction of sp³-hybridized carbons (Fsp3) is 0.571. The molecule has 102 valence electrons. The van der Waals surface area contributed by atoms with Crippen LogP contribution < -0.4 is 5.73 Å². The van der Waals surface area contributed by atoms with Crippen molar-refractivity contribution in [1.82, 2.24) is 4.90 Å². The van der Waals surface area contributed by atoms with E-state index in [4.69, 9.17) is 17.3 Å². The highest BCUT2D eigenvalue weighted by Crippen LogP contribution is 2.21. The Labute approximate surface area is 121 Å². The van der Waals surface area contributed by atoms with Crippen molar-refractivity contribution in [2.45, 2.75) is 25.8 Å². The highest BCUT2D eigenvalue weighted by molar-refractivity contribution is 6.30. The van der Waals surface area contributed by atoms with Crippen molar-refractivity contribution in [3.63, 3.8) is 0 Å². The Morgan fingerprint density at radius 3 is 2.67 bits per heavy atom. The summed E-state index contributed by atoms with van der Waals surface area (Å²) in [6.45, 7) is 4.27. The summed E-state index contributed by atoms with van der Waals surface area (Å²) in [5.41, 5.74) is 6.99. The lowest BCUT2D eigenvalue weighted by molar-refractivity contribution is 0.163. The highest BCUT2D eigenvalue weighted by atomic mass is 35.5. The molecule has 2 rings (SSSR count). The zero-order chi connectivity index (χ0) is 12.1. The monoisotopic (exact) mass is 288 g/mol. The zero-order valence-electron chi connectivity index (χ0n) is 10.6. The van der Waals surface area contributed by atoms with Gasteiger partial charge in [0.25, 0.3) is 0 Å². The Bertz CT molecular complexity index is 338. The van der Waals surface area contributed by atoms with Crippen LogP contribution in [0.4, 0.5) is 0 Å². The van der Waals surface area contributed by atoms with Gasteiger partial charge >= 0.3 is 0 Å². The third-order valence-electron chi connectivity index (χ3n) is 3.50. The Balaban J connectivity index is 0.00000162. The lowest BCUT2D eigenvalue weighted by Crippen LogP contribution is -2.35. The predicted octanol–water partition coefficient (Wildman–Crippen LogP) is 3.32. The molecule has 1 aliphatic heterocycles. The number of benzene rings is 1. The topological polar surface area (TPSA) is 29.3 Å². The maximum absolute atomic E-state index is 5.89. The summed E-state index contributed by atoms with van der Waals surface area (Å²) in [6.07, 6.45) is 3.81. The van der Waals surface area contributed by atoms with E-state index >= 15 is 0 Å². The van der Waals surface area contributed by atoms with E-state index in [-0.39, 0.29) is 12.4 Å². The minimum Gasteiger partial charge on any atom is -0.330 e. The maximum Gasteiger partial charge on any atom is 0.0406 e. The zero-order valence-corrected chi connectivity index (χ0v) is 12.2. The van der Waals surface area contributed by atoms with Crippen LogP contribution in [-0.4, -0.2) is 24.5 Å². The minimum atomic E-state index is 0. The van der Waals surface area contributed by atoms with E-state index in [0.29, 0.717) is 0 Å². The first kappa shape index (κ1) is 15.8. The molecular weight excluding hydrogens is 267 g/mol. The van der Waals surface area contributed by atoms with E-state index in [1.54, 1.807) is 0 Å². The van der Waals surface area contributed by atoms with Crippen molar-refractivity contribution in [2.24, 2.45) is 11.7 Å². The molecule has 18 heavy (non-hydrogen) atoms. The standard InChI is InChI=1S/C14H21ClN2.ClH/c15-14-5-3-13(4-6-14)11-17-9-1-2-12(10-17)7-8-16;/h3-6,12H,1-2,7-11,16H2;1H. The molecule has 1 fully saturated rings. The van der Waals surface area contributed by atoms with Crippen LogP contribution in [-0.2, 0) is 6.54 Å². The summed E-state index contributed by atoms with van der Waals surface area (Å²) in [5.74, 6) is 0.793. The van der Waals surface area contributed by atoms with E-state index in [9.17, 15) is 0 Å². The van der Waals surface area contributed by atoms with Crippen LogP contribution in [0.5, 0.6) is 0 Å². The summed E-state index contributed by atoms with van der Waals surface area (Å²) in [5, 5.41) is 0.813. The summed E-state index contributed by atoms with van der Waals surface area (Å²) >= 11 is 5.89. The molecule has 0 radical (unpaired) electrons. The van der Waals surface area contributed by atoms with E-state index in [1.165, 1.54) is 31.5 Å². The molecule has 2 nitrogen and oxygen atoms in total. The van der Waals surface area contributed by atoms with Gasteiger partial charge in [-0.15, -0.1) is 12.4 Å². The molecule has 2 N–H and O–H groups in total. The van der Waals surface area contributed by atoms with Crippen LogP contribution in [0.25, 0.3) is 0 Å². The average Bonchev–Trinajstić information content (AvgIpc) is 2.33. The molecule has 0 bridgehead atoms. The van der Waals surface area contributed by atoms with Crippen LogP contribution >= 0.6 is 24.0 Å². The molecule has 1 aromatic rings. The third-order valence-corrected chi connectivity index (χ3v) is 3.75. The largest absolute Gasteiger partial charge is 0.330 e. The normalized spacial score (nSPS) is 20.4. The number of piperidine rings is 1. The molecule has 0 aromatic heterocycles. The smallest absolute Gasteiger partial charge is 0.0406 e. The number of nitrogens with two attached hydrogens (primary N) is 1. The molecule has 0 amide bonds. The quantitative estimate of drug-likeness (QED) is 0.921. The van der Waals surface area contributed by atoms with E-state index in [0.717, 1.165) is 30.5 Å². The second-order valence-corrected chi connectivity index (χ2v) is 5.38. The molecule has 1 aromatic carbocycles. The van der Waals surface area contributed by atoms with Crippen molar-refractivity contribution >= 4 is 24.0 Å². The van der Waals surface area contributed by atoms with Gasteiger partial charge in [-0.05, 0) is 56.0 Å². The van der Waals surface area contributed by atoms with Gasteiger partial charge in [-0.2, -0.15) is 0 Å². The molecule has 0 spiro atoms. The summed E-state index contributed by atoms with van der Waals surface area (Å²) < 4.78 is 0. The van der Waals surface area contributed by atoms with E-state index in [2.05, 4.69) is 17.0 Å². The van der Waals surface area contributed by atoms with Crippen LogP contribution in [0, 0.1) is 5.92 Å². The van der Waals surface area contributed by atoms with Crippen LogP contribution in [0.1, 0.15) is 24.8 Å². The molecule has 4 heteroatoms. The van der Waals surface area contributed by atoms with Gasteiger partial charge in [0, 0.05) is 18.1 Å². The lowest BCUT2D eigenvalue weighted by atomic mass is 9.94. The van der Waals surface area contributed by atoms with Gasteiger partial charge in [0.05, 0.1) is 0 Å². The minimum absolute atomic E-state index is 0. The predicted molar refractivity (Wildman–Crippen MR) is 80.4 cm³/mol. The van der Waals surface area contributed by atoms with Gasteiger partial charge in [0.15, 0.2) is 0 Å². The van der Waals surface area contributed by atoms with Gasteiger partial charge in [0.2, 0.25) is 0 Å². The SMILES string of the molecule is Cl.NCCC1CCCN(Cc2ccc(Cl)cc2)C1. The van der Waals surface area contributed by atoms with Gasteiger partial charge < -0.3 is 5.73 Å². The fourth-order valence-corrected chi connectivity index (χ4v) is 2.74.